The van der Waals surface area contributed by atoms with Gasteiger partial charge in [-0.25, -0.2) is 0 Å². The summed E-state index contributed by atoms with van der Waals surface area (Å²) < 4.78 is 0. The van der Waals surface area contributed by atoms with Gasteiger partial charge in [-0.2, -0.15) is 0 Å². The fraction of sp³-hybridized carbons (Fsp3) is 0.100. The molecule has 2 nitrogen and oxygen atoms in total. The third kappa shape index (κ3) is 7.28. The molecule has 7 aromatic carbocycles. The van der Waals surface area contributed by atoms with Gasteiger partial charge in [-0.05, 0) is 131 Å². The van der Waals surface area contributed by atoms with Crippen LogP contribution in [0.4, 0.5) is 22.7 Å². The second-order valence-corrected chi connectivity index (χ2v) is 16.6. The number of hydrogen-bond donors (Lipinski definition) is 0. The van der Waals surface area contributed by atoms with E-state index in [0.717, 1.165) is 35.6 Å². The molecule has 0 radical (unpaired) electrons. The Morgan fingerprint density at radius 2 is 1.27 bits per heavy atom. The van der Waals surface area contributed by atoms with Gasteiger partial charge in [0.2, 0.25) is 0 Å². The van der Waals surface area contributed by atoms with Crippen LogP contribution in [-0.2, 0) is 0 Å². The summed E-state index contributed by atoms with van der Waals surface area (Å²) in [5.74, 6) is 0.541. The van der Waals surface area contributed by atoms with E-state index in [0.29, 0.717) is 5.92 Å². The molecular weight excluding hydrogens is 749 g/mol. The van der Waals surface area contributed by atoms with Crippen molar-refractivity contribution in [1.29, 1.82) is 0 Å². The lowest BCUT2D eigenvalue weighted by Crippen LogP contribution is -2.27. The minimum absolute atomic E-state index is 0.229. The molecule has 0 aromatic heterocycles. The molecule has 0 saturated carbocycles. The van der Waals surface area contributed by atoms with Crippen molar-refractivity contribution in [1.82, 2.24) is 0 Å². The lowest BCUT2D eigenvalue weighted by atomic mass is 9.81. The highest BCUT2D eigenvalue weighted by Gasteiger charge is 2.28. The normalized spacial score (nSPS) is 17.1. The number of aryl methyl sites for hydroxylation is 1. The van der Waals surface area contributed by atoms with Crippen LogP contribution >= 0.6 is 0 Å². The van der Waals surface area contributed by atoms with Crippen molar-refractivity contribution in [2.45, 2.75) is 26.7 Å². The Kier molecular flexibility index (Phi) is 10.6. The number of hydrogen-bond acceptors (Lipinski definition) is 2. The maximum atomic E-state index is 3.91. The predicted octanol–water partition coefficient (Wildman–Crippen LogP) is 16.6. The predicted molar refractivity (Wildman–Crippen MR) is 268 cm³/mol. The summed E-state index contributed by atoms with van der Waals surface area (Å²) in [6.07, 6.45) is 32.7. The Bertz CT molecular complexity index is 3100. The molecule has 0 fully saturated rings. The summed E-state index contributed by atoms with van der Waals surface area (Å²) in [5, 5.41) is 7.44. The Labute approximate surface area is 366 Å². The number of nitrogens with zero attached hydrogens (tertiary/aromatic N) is 2. The van der Waals surface area contributed by atoms with Gasteiger partial charge >= 0.3 is 0 Å². The van der Waals surface area contributed by atoms with E-state index in [4.69, 9.17) is 0 Å². The van der Waals surface area contributed by atoms with Gasteiger partial charge in [0.25, 0.3) is 0 Å². The van der Waals surface area contributed by atoms with Crippen LogP contribution in [0.5, 0.6) is 0 Å². The quantitative estimate of drug-likeness (QED) is 0.100. The Morgan fingerprint density at radius 3 is 2.10 bits per heavy atom. The molecule has 3 aliphatic carbocycles. The van der Waals surface area contributed by atoms with Gasteiger partial charge in [0, 0.05) is 46.2 Å². The topological polar surface area (TPSA) is 6.48 Å². The van der Waals surface area contributed by atoms with Gasteiger partial charge in [-0.15, -0.1) is 0 Å². The van der Waals surface area contributed by atoms with E-state index in [1.54, 1.807) is 0 Å². The van der Waals surface area contributed by atoms with Crippen LogP contribution in [0.1, 0.15) is 30.9 Å². The van der Waals surface area contributed by atoms with E-state index in [2.05, 4.69) is 237 Å². The largest absolute Gasteiger partial charge is 0.320 e. The van der Waals surface area contributed by atoms with Crippen molar-refractivity contribution in [3.63, 3.8) is 0 Å². The Balaban J connectivity index is 1.27. The highest BCUT2D eigenvalue weighted by molar-refractivity contribution is 6.20. The van der Waals surface area contributed by atoms with Gasteiger partial charge in [-0.1, -0.05) is 176 Å². The lowest BCUT2D eigenvalue weighted by molar-refractivity contribution is 0.611. The average molecular weight is 799 g/mol. The maximum Gasteiger partial charge on any atom is 0.0540 e. The monoisotopic (exact) mass is 798 g/mol. The number of fused-ring (bicyclic) bond motifs is 4. The smallest absolute Gasteiger partial charge is 0.0540 e. The highest BCUT2D eigenvalue weighted by atomic mass is 15.1. The third-order valence-corrected chi connectivity index (χ3v) is 12.7. The number of rotatable bonds is 10. The molecule has 2 atom stereocenters. The first-order valence-electron chi connectivity index (χ1n) is 21.8. The van der Waals surface area contributed by atoms with Crippen molar-refractivity contribution in [3.8, 4) is 11.1 Å². The number of benzene rings is 7. The van der Waals surface area contributed by atoms with E-state index in [1.807, 2.05) is 12.2 Å². The van der Waals surface area contributed by atoms with Gasteiger partial charge in [-0.3, -0.25) is 0 Å². The molecule has 0 N–H and O–H groups in total. The summed E-state index contributed by atoms with van der Waals surface area (Å²) in [6, 6.07) is 49.6. The molecule has 7 aromatic rings. The van der Waals surface area contributed by atoms with Crippen LogP contribution in [-0.4, -0.2) is 0 Å². The molecule has 3 aliphatic rings. The number of allylic oxidation sites excluding steroid dienone is 15. The molecule has 10 rings (SSSR count). The van der Waals surface area contributed by atoms with E-state index in [9.17, 15) is 0 Å². The van der Waals surface area contributed by atoms with E-state index >= 15 is 0 Å². The first-order valence-corrected chi connectivity index (χ1v) is 21.8. The zero-order valence-corrected chi connectivity index (χ0v) is 35.5. The SMILES string of the molecule is C=C/C=C\C=C\N(C1=CC=CC2C=CC=CC12)c1ccc2c(C3=CC=C(C)CC3)c3cc(N(c4ccccc4)c4cccc5ccccc45)ccc3c(-c3ccc(C)cc3)c2c1. The van der Waals surface area contributed by atoms with Crippen LogP contribution in [0.25, 0.3) is 49.0 Å². The average Bonchev–Trinajstić information content (AvgIpc) is 3.32. The van der Waals surface area contributed by atoms with Crippen LogP contribution in [0.3, 0.4) is 0 Å². The summed E-state index contributed by atoms with van der Waals surface area (Å²) in [4.78, 5) is 4.82. The molecule has 0 saturated heterocycles. The van der Waals surface area contributed by atoms with E-state index in [-0.39, 0.29) is 5.92 Å². The van der Waals surface area contributed by atoms with Gasteiger partial charge in [0.15, 0.2) is 0 Å². The van der Waals surface area contributed by atoms with Gasteiger partial charge < -0.3 is 9.80 Å². The van der Waals surface area contributed by atoms with Gasteiger partial charge in [0.05, 0.1) is 5.69 Å². The summed E-state index contributed by atoms with van der Waals surface area (Å²) >= 11 is 0. The fourth-order valence-electron chi connectivity index (χ4n) is 9.57. The molecule has 0 spiro atoms. The fourth-order valence-corrected chi connectivity index (χ4v) is 9.57. The van der Waals surface area contributed by atoms with Crippen molar-refractivity contribution in [3.05, 3.63) is 248 Å². The van der Waals surface area contributed by atoms with Crippen LogP contribution in [0.2, 0.25) is 0 Å². The van der Waals surface area contributed by atoms with Crippen LogP contribution in [0, 0.1) is 18.8 Å². The molecule has 0 bridgehead atoms. The first-order chi connectivity index (χ1) is 30.6. The molecule has 0 amide bonds. The second-order valence-electron chi connectivity index (χ2n) is 16.6. The molecule has 0 heterocycles. The molecule has 2 unspecified atom stereocenters. The summed E-state index contributed by atoms with van der Waals surface area (Å²) in [5.41, 5.74) is 13.6. The van der Waals surface area contributed by atoms with Crippen molar-refractivity contribution in [2.75, 3.05) is 9.80 Å². The second kappa shape index (κ2) is 16.9. The Hall–Kier alpha value is -7.42. The van der Waals surface area contributed by atoms with Crippen molar-refractivity contribution in [2.24, 2.45) is 11.8 Å². The van der Waals surface area contributed by atoms with E-state index in [1.165, 1.54) is 71.4 Å². The summed E-state index contributed by atoms with van der Waals surface area (Å²) in [6.45, 7) is 8.33. The minimum atomic E-state index is 0.229. The lowest BCUT2D eigenvalue weighted by Gasteiger charge is -2.34. The molecule has 62 heavy (non-hydrogen) atoms. The third-order valence-electron chi connectivity index (χ3n) is 12.7. The minimum Gasteiger partial charge on any atom is -0.320 e. The highest BCUT2D eigenvalue weighted by Crippen LogP contribution is 2.48. The maximum absolute atomic E-state index is 3.91. The van der Waals surface area contributed by atoms with Crippen molar-refractivity contribution >= 4 is 60.6 Å². The Morgan fingerprint density at radius 1 is 0.548 bits per heavy atom. The molecule has 2 heteroatoms. The van der Waals surface area contributed by atoms with Gasteiger partial charge in [0.1, 0.15) is 0 Å². The zero-order valence-electron chi connectivity index (χ0n) is 35.5. The molecule has 0 aliphatic heterocycles. The van der Waals surface area contributed by atoms with E-state index < -0.39 is 0 Å². The van der Waals surface area contributed by atoms with Crippen LogP contribution in [0.15, 0.2) is 236 Å². The molecular formula is C60H50N2. The zero-order chi connectivity index (χ0) is 42.0. The van der Waals surface area contributed by atoms with Crippen LogP contribution < -0.4 is 9.80 Å². The molecule has 300 valence electrons. The summed E-state index contributed by atoms with van der Waals surface area (Å²) in [7, 11) is 0. The van der Waals surface area contributed by atoms with Crippen molar-refractivity contribution < 1.29 is 0 Å². The number of anilines is 4. The first kappa shape index (κ1) is 38.8. The number of para-hydroxylation sites is 1. The standard InChI is InChI=1S/C60H50N2/c1-4-5-6-14-39-61(57-25-15-19-44-17-10-12-23-51(44)57)49-35-37-53-55(40-49)59(46-31-27-42(2)28-32-46)54-38-36-50(41-56(54)60(53)47-33-29-43(3)30-34-47)62(48-21-8-7-9-22-48)58-26-16-20-45-18-11-13-24-52(45)58/h4-29,31-33,35-41,44,51H,1,30,34H2,2-3H3/b6-5-,39-14+.